The molecule has 3 heterocycles. The summed E-state index contributed by atoms with van der Waals surface area (Å²) in [6.07, 6.45) is 3.62. The second-order valence-corrected chi connectivity index (χ2v) is 8.75. The Morgan fingerprint density at radius 2 is 1.69 bits per heavy atom. The molecule has 32 heavy (non-hydrogen) atoms. The lowest BCUT2D eigenvalue weighted by atomic mass is 10.0. The van der Waals surface area contributed by atoms with Gasteiger partial charge < -0.3 is 5.73 Å². The summed E-state index contributed by atoms with van der Waals surface area (Å²) in [5.74, 6) is 0.540. The number of nitrogens with zero attached hydrogens (tertiary/aromatic N) is 5. The fourth-order valence-corrected chi connectivity index (χ4v) is 4.98. The Kier molecular flexibility index (Phi) is 5.53. The van der Waals surface area contributed by atoms with E-state index in [4.69, 9.17) is 5.73 Å². The van der Waals surface area contributed by atoms with Gasteiger partial charge in [-0.15, -0.1) is 10.2 Å². The molecule has 0 aliphatic carbocycles. The lowest BCUT2D eigenvalue weighted by Crippen LogP contribution is -2.28. The fourth-order valence-electron chi connectivity index (χ4n) is 4.19. The van der Waals surface area contributed by atoms with Gasteiger partial charge in [0.15, 0.2) is 10.8 Å². The van der Waals surface area contributed by atoms with Gasteiger partial charge >= 0.3 is 0 Å². The summed E-state index contributed by atoms with van der Waals surface area (Å²) in [5.41, 5.74) is 12.0. The van der Waals surface area contributed by atoms with Gasteiger partial charge in [0.2, 0.25) is 11.9 Å². The van der Waals surface area contributed by atoms with E-state index in [1.807, 2.05) is 47.4 Å². The minimum atomic E-state index is -0.0114. The first-order valence-corrected chi connectivity index (χ1v) is 11.8. The summed E-state index contributed by atoms with van der Waals surface area (Å²) >= 11 is 1.33. The quantitative estimate of drug-likeness (QED) is 0.464. The highest BCUT2D eigenvalue weighted by Crippen LogP contribution is 2.36. The first-order valence-electron chi connectivity index (χ1n) is 10.8. The molecule has 0 unspecified atom stereocenters. The third kappa shape index (κ3) is 3.71. The normalized spacial score (nSPS) is 13.0. The van der Waals surface area contributed by atoms with Crippen LogP contribution in [-0.4, -0.2) is 31.2 Å². The van der Waals surface area contributed by atoms with Crippen molar-refractivity contribution in [1.82, 2.24) is 19.6 Å². The van der Waals surface area contributed by atoms with E-state index in [-0.39, 0.29) is 11.7 Å². The maximum absolute atomic E-state index is 13.5. The van der Waals surface area contributed by atoms with Crippen molar-refractivity contribution < 1.29 is 4.79 Å². The highest BCUT2D eigenvalue weighted by atomic mass is 32.2. The molecule has 2 aromatic carbocycles. The van der Waals surface area contributed by atoms with Gasteiger partial charge in [-0.3, -0.25) is 9.69 Å². The van der Waals surface area contributed by atoms with Crippen LogP contribution < -0.4 is 10.6 Å². The van der Waals surface area contributed by atoms with Crippen LogP contribution >= 0.6 is 11.8 Å². The van der Waals surface area contributed by atoms with Crippen LogP contribution in [0.25, 0.3) is 5.65 Å². The number of aromatic nitrogens is 4. The molecule has 0 saturated carbocycles. The van der Waals surface area contributed by atoms with Gasteiger partial charge in [-0.1, -0.05) is 61.5 Å². The van der Waals surface area contributed by atoms with Crippen molar-refractivity contribution in [2.75, 3.05) is 16.4 Å². The molecule has 0 fully saturated rings. The maximum Gasteiger partial charge on any atom is 0.242 e. The number of nitrogens with two attached hydrogens (primary N) is 1. The first-order chi connectivity index (χ1) is 15.7. The number of benzene rings is 2. The molecule has 2 N–H and O–H groups in total. The molecule has 2 aromatic heterocycles. The summed E-state index contributed by atoms with van der Waals surface area (Å²) < 4.78 is 1.71. The van der Waals surface area contributed by atoms with Crippen molar-refractivity contribution in [3.05, 3.63) is 71.4 Å². The van der Waals surface area contributed by atoms with Crippen molar-refractivity contribution in [1.29, 1.82) is 0 Å². The van der Waals surface area contributed by atoms with E-state index in [0.717, 1.165) is 42.8 Å². The molecule has 7 nitrogen and oxygen atoms in total. The van der Waals surface area contributed by atoms with Crippen LogP contribution in [0.1, 0.15) is 30.2 Å². The highest BCUT2D eigenvalue weighted by Gasteiger charge is 2.26. The molecule has 0 saturated heterocycles. The van der Waals surface area contributed by atoms with E-state index in [1.54, 1.807) is 4.40 Å². The summed E-state index contributed by atoms with van der Waals surface area (Å²) in [4.78, 5) is 19.8. The largest absolute Gasteiger partial charge is 0.369 e. The second kappa shape index (κ2) is 8.63. The lowest BCUT2D eigenvalue weighted by molar-refractivity contribution is -0.115. The number of rotatable bonds is 5. The first kappa shape index (κ1) is 20.5. The summed E-state index contributed by atoms with van der Waals surface area (Å²) in [5, 5.41) is 9.08. The Hall–Kier alpha value is -3.39. The van der Waals surface area contributed by atoms with Gasteiger partial charge in [0.1, 0.15) is 0 Å². The molecule has 5 rings (SSSR count). The van der Waals surface area contributed by atoms with Gasteiger partial charge in [-0.2, -0.15) is 0 Å². The second-order valence-electron chi connectivity index (χ2n) is 7.81. The van der Waals surface area contributed by atoms with Crippen molar-refractivity contribution >= 4 is 40.6 Å². The van der Waals surface area contributed by atoms with Gasteiger partial charge in [0.05, 0.1) is 17.1 Å². The van der Waals surface area contributed by atoms with Gasteiger partial charge in [0.25, 0.3) is 0 Å². The standard InChI is InChI=1S/C24H24N6OS/c1-2-7-18-14-21-27-28-24(30(21)23(25)26-18)32-15-22(31)29-19-10-5-3-8-16(19)12-13-17-9-4-6-11-20(17)29/h3-6,8-11,14H,2,7,12-13,15H2,1H3,(H2,25,26). The van der Waals surface area contributed by atoms with Crippen LogP contribution in [0.5, 0.6) is 0 Å². The van der Waals surface area contributed by atoms with Crippen LogP contribution in [0.3, 0.4) is 0 Å². The molecular formula is C24H24N6OS. The summed E-state index contributed by atoms with van der Waals surface area (Å²) in [7, 11) is 0. The smallest absolute Gasteiger partial charge is 0.242 e. The number of amides is 1. The van der Waals surface area contributed by atoms with Crippen LogP contribution in [0.4, 0.5) is 17.3 Å². The minimum Gasteiger partial charge on any atom is -0.369 e. The zero-order chi connectivity index (χ0) is 22.1. The van der Waals surface area contributed by atoms with Crippen molar-refractivity contribution in [2.24, 2.45) is 0 Å². The van der Waals surface area contributed by atoms with Crippen molar-refractivity contribution in [2.45, 2.75) is 37.8 Å². The third-order valence-corrected chi connectivity index (χ3v) is 6.56. The van der Waals surface area contributed by atoms with Gasteiger partial charge in [-0.25, -0.2) is 9.38 Å². The zero-order valence-corrected chi connectivity index (χ0v) is 18.7. The molecular weight excluding hydrogens is 420 g/mol. The Morgan fingerprint density at radius 3 is 2.34 bits per heavy atom. The van der Waals surface area contributed by atoms with Gasteiger partial charge in [-0.05, 0) is 42.5 Å². The van der Waals surface area contributed by atoms with E-state index in [0.29, 0.717) is 16.8 Å². The SMILES string of the molecule is CCCc1cc2nnc(SCC(=O)N3c4ccccc4CCc4ccccc43)n2c(N)n1. The zero-order valence-electron chi connectivity index (χ0n) is 17.9. The van der Waals surface area contributed by atoms with E-state index in [2.05, 4.69) is 34.2 Å². The van der Waals surface area contributed by atoms with Crippen LogP contribution in [0.15, 0.2) is 59.8 Å². The topological polar surface area (TPSA) is 89.4 Å². The molecule has 1 aliphatic heterocycles. The van der Waals surface area contributed by atoms with Crippen LogP contribution in [0.2, 0.25) is 0 Å². The molecule has 0 bridgehead atoms. The predicted octanol–water partition coefficient (Wildman–Crippen LogP) is 4.21. The minimum absolute atomic E-state index is 0.0114. The third-order valence-electron chi connectivity index (χ3n) is 5.65. The predicted molar refractivity (Wildman–Crippen MR) is 127 cm³/mol. The summed E-state index contributed by atoms with van der Waals surface area (Å²) in [6, 6.07) is 18.1. The number of hydrogen-bond acceptors (Lipinski definition) is 6. The number of carbonyl (C=O) groups is 1. The Bertz CT molecular complexity index is 1250. The number of aryl methyl sites for hydroxylation is 3. The van der Waals surface area contributed by atoms with E-state index < -0.39 is 0 Å². The maximum atomic E-state index is 13.5. The number of thioether (sulfide) groups is 1. The highest BCUT2D eigenvalue weighted by molar-refractivity contribution is 7.99. The molecule has 0 radical (unpaired) electrons. The Labute approximate surface area is 190 Å². The monoisotopic (exact) mass is 444 g/mol. The number of para-hydroxylation sites is 2. The number of fused-ring (bicyclic) bond motifs is 3. The van der Waals surface area contributed by atoms with Crippen molar-refractivity contribution in [3.8, 4) is 0 Å². The molecule has 0 spiro atoms. The number of carbonyl (C=O) groups excluding carboxylic acids is 1. The summed E-state index contributed by atoms with van der Waals surface area (Å²) in [6.45, 7) is 2.10. The van der Waals surface area contributed by atoms with E-state index in [9.17, 15) is 4.79 Å². The average molecular weight is 445 g/mol. The number of anilines is 3. The fraction of sp³-hybridized carbons (Fsp3) is 0.250. The van der Waals surface area contributed by atoms with Crippen molar-refractivity contribution in [3.63, 3.8) is 0 Å². The molecule has 0 atom stereocenters. The number of hydrogen-bond donors (Lipinski definition) is 1. The molecule has 162 valence electrons. The van der Waals surface area contributed by atoms with Crippen LogP contribution in [-0.2, 0) is 24.1 Å². The molecule has 8 heteroatoms. The average Bonchev–Trinajstić information content (AvgIpc) is 3.13. The number of nitrogen functional groups attached to an aromatic ring is 1. The van der Waals surface area contributed by atoms with Gasteiger partial charge in [0, 0.05) is 11.8 Å². The molecule has 1 amide bonds. The lowest BCUT2D eigenvalue weighted by Gasteiger charge is -2.24. The van der Waals surface area contributed by atoms with E-state index >= 15 is 0 Å². The Morgan fingerprint density at radius 1 is 1.03 bits per heavy atom. The molecule has 4 aromatic rings. The van der Waals surface area contributed by atoms with E-state index in [1.165, 1.54) is 22.9 Å². The van der Waals surface area contributed by atoms with Crippen LogP contribution in [0, 0.1) is 0 Å². The molecule has 1 aliphatic rings. The Balaban J connectivity index is 1.45.